The van der Waals surface area contributed by atoms with E-state index in [4.69, 9.17) is 10.2 Å². The van der Waals surface area contributed by atoms with Crippen LogP contribution < -0.4 is 0 Å². The van der Waals surface area contributed by atoms with E-state index in [0.29, 0.717) is 0 Å². The Morgan fingerprint density at radius 1 is 1.55 bits per heavy atom. The van der Waals surface area contributed by atoms with Crippen molar-refractivity contribution in [1.29, 1.82) is 0 Å². The van der Waals surface area contributed by atoms with Crippen molar-refractivity contribution in [3.05, 3.63) is 0 Å². The van der Waals surface area contributed by atoms with Crippen molar-refractivity contribution in [1.82, 2.24) is 0 Å². The van der Waals surface area contributed by atoms with Crippen LogP contribution in [0.2, 0.25) is 0 Å². The molecule has 0 heterocycles. The lowest BCUT2D eigenvalue weighted by molar-refractivity contribution is -0.105. The van der Waals surface area contributed by atoms with Gasteiger partial charge in [0.1, 0.15) is 5.54 Å². The van der Waals surface area contributed by atoms with E-state index in [1.54, 1.807) is 6.92 Å². The first-order valence-electron chi connectivity index (χ1n) is 3.83. The van der Waals surface area contributed by atoms with Gasteiger partial charge in [0, 0.05) is 0 Å². The molecule has 3 nitrogen and oxygen atoms in total. The van der Waals surface area contributed by atoms with Crippen LogP contribution in [0.15, 0.2) is 4.99 Å². The molecule has 2 unspecified atom stereocenters. The second-order valence-corrected chi connectivity index (χ2v) is 3.07. The molecule has 2 N–H and O–H groups in total. The van der Waals surface area contributed by atoms with Crippen LogP contribution >= 0.6 is 0 Å². The Morgan fingerprint density at radius 2 is 2.00 bits per heavy atom. The van der Waals surface area contributed by atoms with E-state index in [9.17, 15) is 0 Å². The molecule has 0 radical (unpaired) electrons. The van der Waals surface area contributed by atoms with E-state index in [0.717, 1.165) is 6.42 Å². The Labute approximate surface area is 67.8 Å². The van der Waals surface area contributed by atoms with Crippen LogP contribution in [0.3, 0.4) is 0 Å². The Kier molecular flexibility index (Phi) is 3.69. The Hall–Kier alpha value is -0.410. The van der Waals surface area contributed by atoms with Crippen LogP contribution in [0.4, 0.5) is 0 Å². The molecule has 0 aromatic carbocycles. The van der Waals surface area contributed by atoms with E-state index in [2.05, 4.69) is 11.7 Å². The molecule has 0 rings (SSSR count). The maximum atomic E-state index is 8.99. The Bertz CT molecular complexity index is 136. The van der Waals surface area contributed by atoms with Crippen molar-refractivity contribution < 1.29 is 10.2 Å². The summed E-state index contributed by atoms with van der Waals surface area (Å²) >= 11 is 0. The lowest BCUT2D eigenvalue weighted by Crippen LogP contribution is -2.42. The summed E-state index contributed by atoms with van der Waals surface area (Å²) in [7, 11) is 0. The minimum absolute atomic E-state index is 0.125. The van der Waals surface area contributed by atoms with E-state index < -0.39 is 11.8 Å². The zero-order valence-corrected chi connectivity index (χ0v) is 7.41. The minimum Gasteiger partial charge on any atom is -0.366 e. The van der Waals surface area contributed by atoms with Crippen LogP contribution in [0.1, 0.15) is 27.2 Å². The van der Waals surface area contributed by atoms with E-state index in [1.807, 2.05) is 13.8 Å². The highest BCUT2D eigenvalue weighted by molar-refractivity contribution is 5.26. The number of hydrogen-bond acceptors (Lipinski definition) is 3. The lowest BCUT2D eigenvalue weighted by Gasteiger charge is -2.32. The summed E-state index contributed by atoms with van der Waals surface area (Å²) in [5.74, 6) is 0.125. The molecule has 0 fully saturated rings. The van der Waals surface area contributed by atoms with E-state index in [1.165, 1.54) is 0 Å². The molecule has 0 amide bonds. The van der Waals surface area contributed by atoms with Crippen molar-refractivity contribution in [2.75, 3.05) is 0 Å². The van der Waals surface area contributed by atoms with Gasteiger partial charge in [-0.15, -0.1) is 0 Å². The maximum Gasteiger partial charge on any atom is 0.177 e. The molecule has 0 saturated carbocycles. The molecule has 2 atom stereocenters. The zero-order chi connectivity index (χ0) is 9.07. The Balaban J connectivity index is 4.44. The number of aliphatic hydroxyl groups is 2. The fourth-order valence-corrected chi connectivity index (χ4v) is 0.905. The SMILES string of the molecule is C=NC(C)(C(O)O)C(C)CC. The van der Waals surface area contributed by atoms with Crippen molar-refractivity contribution in [2.45, 2.75) is 39.0 Å². The predicted molar refractivity (Wildman–Crippen MR) is 45.6 cm³/mol. The van der Waals surface area contributed by atoms with Gasteiger partial charge < -0.3 is 10.2 Å². The topological polar surface area (TPSA) is 52.8 Å². The second kappa shape index (κ2) is 3.83. The number of nitrogens with zero attached hydrogens (tertiary/aromatic N) is 1. The minimum atomic E-state index is -1.42. The average Bonchev–Trinajstić information content (AvgIpc) is 2.01. The molecule has 0 aliphatic carbocycles. The van der Waals surface area contributed by atoms with E-state index >= 15 is 0 Å². The van der Waals surface area contributed by atoms with Gasteiger partial charge in [0.25, 0.3) is 0 Å². The maximum absolute atomic E-state index is 8.99. The predicted octanol–water partition coefficient (Wildman–Crippen LogP) is 0.803. The first-order valence-corrected chi connectivity index (χ1v) is 3.83. The highest BCUT2D eigenvalue weighted by Gasteiger charge is 2.35. The molecule has 3 heteroatoms. The standard InChI is InChI=1S/C8H17NO2/c1-5-6(2)8(3,9-4)7(10)11/h6-7,10-11H,4-5H2,1-3H3. The van der Waals surface area contributed by atoms with Gasteiger partial charge >= 0.3 is 0 Å². The van der Waals surface area contributed by atoms with Gasteiger partial charge in [-0.05, 0) is 19.6 Å². The number of hydrogen-bond donors (Lipinski definition) is 2. The summed E-state index contributed by atoms with van der Waals surface area (Å²) in [6, 6.07) is 0. The third-order valence-corrected chi connectivity index (χ3v) is 2.47. The normalized spacial score (nSPS) is 19.5. The van der Waals surface area contributed by atoms with Gasteiger partial charge in [-0.25, -0.2) is 0 Å². The van der Waals surface area contributed by atoms with Crippen molar-refractivity contribution in [3.63, 3.8) is 0 Å². The smallest absolute Gasteiger partial charge is 0.177 e. The first kappa shape index (κ1) is 10.6. The van der Waals surface area contributed by atoms with Gasteiger partial charge in [-0.2, -0.15) is 0 Å². The van der Waals surface area contributed by atoms with E-state index in [-0.39, 0.29) is 5.92 Å². The highest BCUT2D eigenvalue weighted by Crippen LogP contribution is 2.26. The van der Waals surface area contributed by atoms with Crippen LogP contribution in [-0.4, -0.2) is 28.8 Å². The monoisotopic (exact) mass is 159 g/mol. The van der Waals surface area contributed by atoms with Gasteiger partial charge in [0.05, 0.1) is 0 Å². The van der Waals surface area contributed by atoms with Crippen LogP contribution in [-0.2, 0) is 0 Å². The number of aliphatic hydroxyl groups excluding tert-OH is 1. The molecule has 0 aliphatic heterocycles. The fraction of sp³-hybridized carbons (Fsp3) is 0.875. The molecule has 0 aromatic heterocycles. The van der Waals surface area contributed by atoms with Gasteiger partial charge in [-0.3, -0.25) is 4.99 Å². The Morgan fingerprint density at radius 3 is 2.09 bits per heavy atom. The van der Waals surface area contributed by atoms with Crippen molar-refractivity contribution in [2.24, 2.45) is 10.9 Å². The third-order valence-electron chi connectivity index (χ3n) is 2.47. The average molecular weight is 159 g/mol. The second-order valence-electron chi connectivity index (χ2n) is 3.07. The summed E-state index contributed by atoms with van der Waals surface area (Å²) in [5.41, 5.74) is -0.825. The highest BCUT2D eigenvalue weighted by atomic mass is 16.5. The summed E-state index contributed by atoms with van der Waals surface area (Å²) in [6.07, 6.45) is -0.567. The molecule has 0 aliphatic rings. The molecule has 0 saturated heterocycles. The molecular formula is C8H17NO2. The number of aliphatic imine (C=N–C) groups is 1. The van der Waals surface area contributed by atoms with Crippen LogP contribution in [0, 0.1) is 5.92 Å². The van der Waals surface area contributed by atoms with Gasteiger partial charge in [0.15, 0.2) is 6.29 Å². The summed E-state index contributed by atoms with van der Waals surface area (Å²) in [4.78, 5) is 3.74. The number of rotatable bonds is 4. The van der Waals surface area contributed by atoms with Gasteiger partial charge in [0.2, 0.25) is 0 Å². The largest absolute Gasteiger partial charge is 0.366 e. The zero-order valence-electron chi connectivity index (χ0n) is 7.41. The van der Waals surface area contributed by atoms with Crippen molar-refractivity contribution >= 4 is 6.72 Å². The molecule has 0 spiro atoms. The quantitative estimate of drug-likeness (QED) is 0.471. The summed E-state index contributed by atoms with van der Waals surface area (Å²) in [5, 5.41) is 18.0. The molecule has 66 valence electrons. The first-order chi connectivity index (χ1) is 4.99. The molecule has 0 aromatic rings. The lowest BCUT2D eigenvalue weighted by atomic mass is 9.85. The van der Waals surface area contributed by atoms with Crippen LogP contribution in [0.25, 0.3) is 0 Å². The third kappa shape index (κ3) is 2.01. The molecular weight excluding hydrogens is 142 g/mol. The summed E-state index contributed by atoms with van der Waals surface area (Å²) < 4.78 is 0. The summed E-state index contributed by atoms with van der Waals surface area (Å²) in [6.45, 7) is 8.95. The van der Waals surface area contributed by atoms with Gasteiger partial charge in [-0.1, -0.05) is 20.3 Å². The van der Waals surface area contributed by atoms with Crippen LogP contribution in [0.5, 0.6) is 0 Å². The molecule has 0 bridgehead atoms. The molecule has 11 heavy (non-hydrogen) atoms. The fourth-order valence-electron chi connectivity index (χ4n) is 0.905. The van der Waals surface area contributed by atoms with Crippen molar-refractivity contribution in [3.8, 4) is 0 Å².